The Morgan fingerprint density at radius 1 is 1.08 bits per heavy atom. The predicted molar refractivity (Wildman–Crippen MR) is 150 cm³/mol. The normalized spacial score (nSPS) is 14.4. The maximum Gasteiger partial charge on any atom is 0.336 e. The molecule has 0 saturated carbocycles. The molecule has 0 bridgehead atoms. The minimum atomic E-state index is -0.525. The van der Waals surface area contributed by atoms with Crippen molar-refractivity contribution in [1.82, 2.24) is 0 Å². The van der Waals surface area contributed by atoms with Gasteiger partial charge in [-0.3, -0.25) is 0 Å². The second-order valence-electron chi connectivity index (χ2n) is 9.26. The minimum Gasteiger partial charge on any atom is -0.493 e. The van der Waals surface area contributed by atoms with Gasteiger partial charge in [-0.15, -0.1) is 0 Å². The molecule has 200 valence electrons. The summed E-state index contributed by atoms with van der Waals surface area (Å²) < 4.78 is 22.8. The molecule has 0 aliphatic carbocycles. The third-order valence-electron chi connectivity index (χ3n) is 6.42. The van der Waals surface area contributed by atoms with Gasteiger partial charge >= 0.3 is 5.97 Å². The Kier molecular flexibility index (Phi) is 8.90. The van der Waals surface area contributed by atoms with Gasteiger partial charge < -0.3 is 24.7 Å². The highest BCUT2D eigenvalue weighted by atomic mass is 16.5. The average Bonchev–Trinajstić information content (AvgIpc) is 2.94. The number of methoxy groups -OCH3 is 1. The summed E-state index contributed by atoms with van der Waals surface area (Å²) in [5.74, 6) is 0.892. The van der Waals surface area contributed by atoms with Gasteiger partial charge in [-0.25, -0.2) is 4.79 Å². The standard InChI is InChI=1S/C32H32N2O5/c1-4-5-6-17-37-27-15-12-23(18-29(27)36-3)31-25-14-13-24(19-28(25)39-32(34)26(31)20-33)38-30(35)16-11-22-9-7-21(2)8-10-22/h7-16,18-19,31H,4-6,17,34H2,1-3H3/b16-11+. The third kappa shape index (κ3) is 6.60. The number of nitrogens with two attached hydrogens (primary N) is 1. The van der Waals surface area contributed by atoms with E-state index in [1.54, 1.807) is 31.4 Å². The van der Waals surface area contributed by atoms with Crippen molar-refractivity contribution >= 4 is 12.0 Å². The summed E-state index contributed by atoms with van der Waals surface area (Å²) in [7, 11) is 1.58. The van der Waals surface area contributed by atoms with E-state index < -0.39 is 11.9 Å². The van der Waals surface area contributed by atoms with Crippen LogP contribution in [0, 0.1) is 18.3 Å². The summed E-state index contributed by atoms with van der Waals surface area (Å²) in [6, 6.07) is 20.6. The number of carbonyl (C=O) groups excluding carboxylic acids is 1. The van der Waals surface area contributed by atoms with E-state index in [0.29, 0.717) is 29.6 Å². The van der Waals surface area contributed by atoms with Crippen LogP contribution in [0.15, 0.2) is 78.2 Å². The highest BCUT2D eigenvalue weighted by Crippen LogP contribution is 2.45. The van der Waals surface area contributed by atoms with Crippen molar-refractivity contribution in [3.8, 4) is 29.1 Å². The Morgan fingerprint density at radius 2 is 1.87 bits per heavy atom. The summed E-state index contributed by atoms with van der Waals surface area (Å²) >= 11 is 0. The zero-order valence-electron chi connectivity index (χ0n) is 22.4. The first-order valence-corrected chi connectivity index (χ1v) is 12.9. The molecule has 0 saturated heterocycles. The van der Waals surface area contributed by atoms with Crippen LogP contribution in [-0.4, -0.2) is 19.7 Å². The second kappa shape index (κ2) is 12.7. The Hall–Kier alpha value is -4.70. The van der Waals surface area contributed by atoms with Gasteiger partial charge in [0.2, 0.25) is 5.88 Å². The molecular formula is C32H32N2O5. The van der Waals surface area contributed by atoms with E-state index in [2.05, 4.69) is 13.0 Å². The molecule has 0 spiro atoms. The highest BCUT2D eigenvalue weighted by Gasteiger charge is 2.31. The molecular weight excluding hydrogens is 492 g/mol. The van der Waals surface area contributed by atoms with Crippen molar-refractivity contribution in [2.75, 3.05) is 13.7 Å². The first-order chi connectivity index (χ1) is 18.9. The molecule has 0 fully saturated rings. The van der Waals surface area contributed by atoms with Gasteiger partial charge in [0.05, 0.1) is 19.6 Å². The Balaban J connectivity index is 1.57. The van der Waals surface area contributed by atoms with Gasteiger partial charge in [0.1, 0.15) is 23.1 Å². The maximum atomic E-state index is 12.4. The van der Waals surface area contributed by atoms with Crippen molar-refractivity contribution in [2.45, 2.75) is 39.0 Å². The summed E-state index contributed by atoms with van der Waals surface area (Å²) in [6.45, 7) is 4.74. The van der Waals surface area contributed by atoms with Gasteiger partial charge in [0.15, 0.2) is 11.5 Å². The van der Waals surface area contributed by atoms with Crippen LogP contribution in [-0.2, 0) is 4.79 Å². The van der Waals surface area contributed by atoms with E-state index in [-0.39, 0.29) is 11.5 Å². The van der Waals surface area contributed by atoms with Gasteiger partial charge in [-0.1, -0.05) is 61.7 Å². The zero-order valence-corrected chi connectivity index (χ0v) is 22.4. The van der Waals surface area contributed by atoms with Crippen LogP contribution in [0.1, 0.15) is 54.4 Å². The lowest BCUT2D eigenvalue weighted by molar-refractivity contribution is -0.128. The number of fused-ring (bicyclic) bond motifs is 1. The van der Waals surface area contributed by atoms with Crippen LogP contribution in [0.3, 0.4) is 0 Å². The van der Waals surface area contributed by atoms with E-state index in [1.807, 2.05) is 49.4 Å². The number of benzene rings is 3. The Bertz CT molecular complexity index is 1430. The van der Waals surface area contributed by atoms with E-state index >= 15 is 0 Å². The van der Waals surface area contributed by atoms with E-state index in [0.717, 1.165) is 41.5 Å². The van der Waals surface area contributed by atoms with Crippen LogP contribution in [0.25, 0.3) is 6.08 Å². The fourth-order valence-electron chi connectivity index (χ4n) is 4.35. The molecule has 1 aliphatic rings. The first-order valence-electron chi connectivity index (χ1n) is 12.9. The second-order valence-corrected chi connectivity index (χ2v) is 9.26. The van der Waals surface area contributed by atoms with Crippen molar-refractivity contribution in [3.05, 3.63) is 100 Å². The molecule has 1 aliphatic heterocycles. The summed E-state index contributed by atoms with van der Waals surface area (Å²) in [5, 5.41) is 9.91. The van der Waals surface area contributed by atoms with E-state index in [9.17, 15) is 10.1 Å². The van der Waals surface area contributed by atoms with E-state index in [1.165, 1.54) is 6.08 Å². The zero-order chi connectivity index (χ0) is 27.8. The number of nitrogens with zero attached hydrogens (tertiary/aromatic N) is 1. The molecule has 0 aromatic heterocycles. The number of aryl methyl sites for hydroxylation is 1. The number of unbranched alkanes of at least 4 members (excludes halogenated alkanes) is 2. The number of carbonyl (C=O) groups is 1. The molecule has 1 unspecified atom stereocenters. The molecule has 4 rings (SSSR count). The molecule has 3 aromatic rings. The Morgan fingerprint density at radius 3 is 2.59 bits per heavy atom. The molecule has 7 nitrogen and oxygen atoms in total. The van der Waals surface area contributed by atoms with Crippen LogP contribution in [0.4, 0.5) is 0 Å². The summed E-state index contributed by atoms with van der Waals surface area (Å²) in [4.78, 5) is 12.4. The van der Waals surface area contributed by atoms with Crippen LogP contribution in [0.5, 0.6) is 23.0 Å². The topological polar surface area (TPSA) is 104 Å². The fourth-order valence-corrected chi connectivity index (χ4v) is 4.35. The summed E-state index contributed by atoms with van der Waals surface area (Å²) in [5.41, 5.74) is 9.99. The lowest BCUT2D eigenvalue weighted by atomic mass is 9.83. The molecule has 1 heterocycles. The summed E-state index contributed by atoms with van der Waals surface area (Å²) in [6.07, 6.45) is 6.22. The number of ether oxygens (including phenoxy) is 4. The number of hydrogen-bond donors (Lipinski definition) is 1. The lowest BCUT2D eigenvalue weighted by Crippen LogP contribution is -2.21. The predicted octanol–water partition coefficient (Wildman–Crippen LogP) is 6.41. The number of allylic oxidation sites excluding steroid dienone is 1. The number of nitriles is 1. The van der Waals surface area contributed by atoms with Gasteiger partial charge in [-0.2, -0.15) is 5.26 Å². The average molecular weight is 525 g/mol. The monoisotopic (exact) mass is 524 g/mol. The molecule has 0 radical (unpaired) electrons. The lowest BCUT2D eigenvalue weighted by Gasteiger charge is -2.27. The smallest absolute Gasteiger partial charge is 0.336 e. The molecule has 2 N–H and O–H groups in total. The number of hydrogen-bond acceptors (Lipinski definition) is 7. The molecule has 0 amide bonds. The first kappa shape index (κ1) is 27.3. The number of rotatable bonds is 10. The van der Waals surface area contributed by atoms with Crippen molar-refractivity contribution in [1.29, 1.82) is 5.26 Å². The molecule has 3 aromatic carbocycles. The highest BCUT2D eigenvalue weighted by molar-refractivity contribution is 5.88. The van der Waals surface area contributed by atoms with Crippen LogP contribution in [0.2, 0.25) is 0 Å². The van der Waals surface area contributed by atoms with Crippen molar-refractivity contribution < 1.29 is 23.7 Å². The van der Waals surface area contributed by atoms with Crippen molar-refractivity contribution in [2.24, 2.45) is 5.73 Å². The van der Waals surface area contributed by atoms with E-state index in [4.69, 9.17) is 24.7 Å². The van der Waals surface area contributed by atoms with Gasteiger partial charge in [0, 0.05) is 17.7 Å². The molecule has 1 atom stereocenters. The molecule has 7 heteroatoms. The largest absolute Gasteiger partial charge is 0.493 e. The molecule has 39 heavy (non-hydrogen) atoms. The quantitative estimate of drug-likeness (QED) is 0.141. The van der Waals surface area contributed by atoms with Crippen molar-refractivity contribution in [3.63, 3.8) is 0 Å². The third-order valence-corrected chi connectivity index (χ3v) is 6.42. The maximum absolute atomic E-state index is 12.4. The number of esters is 1. The van der Waals surface area contributed by atoms with Crippen LogP contribution >= 0.6 is 0 Å². The SMILES string of the molecule is CCCCCOc1ccc(C2C(C#N)=C(N)Oc3cc(OC(=O)/C=C/c4ccc(C)cc4)ccc32)cc1OC. The Labute approximate surface area is 229 Å². The van der Waals surface area contributed by atoms with Gasteiger partial charge in [-0.05, 0) is 48.7 Å². The minimum absolute atomic E-state index is 0.00315. The van der Waals surface area contributed by atoms with Crippen LogP contribution < -0.4 is 24.7 Å². The fraction of sp³-hybridized carbons (Fsp3) is 0.250. The van der Waals surface area contributed by atoms with Gasteiger partial charge in [0.25, 0.3) is 0 Å².